The average molecular weight is 496 g/mol. The monoisotopic (exact) mass is 494 g/mol. The first-order valence-electron chi connectivity index (χ1n) is 10.0. The van der Waals surface area contributed by atoms with Crippen molar-refractivity contribution in [3.8, 4) is 5.75 Å². The molecule has 0 unspecified atom stereocenters. The molecule has 1 atom stereocenters. The van der Waals surface area contributed by atoms with E-state index in [-0.39, 0.29) is 18.4 Å². The molecule has 0 aliphatic rings. The largest absolute Gasteiger partial charge is 0.483 e. The van der Waals surface area contributed by atoms with Crippen LogP contribution in [0.2, 0.25) is 5.02 Å². The molecule has 7 heteroatoms. The van der Waals surface area contributed by atoms with Gasteiger partial charge in [-0.05, 0) is 65.5 Å². The third-order valence-electron chi connectivity index (χ3n) is 4.84. The first-order valence-corrected chi connectivity index (χ1v) is 11.2. The molecule has 0 saturated carbocycles. The minimum absolute atomic E-state index is 0.168. The summed E-state index contributed by atoms with van der Waals surface area (Å²) in [5, 5.41) is 3.48. The summed E-state index contributed by atoms with van der Waals surface area (Å²) in [5.41, 5.74) is 2.06. The molecule has 0 aromatic heterocycles. The van der Waals surface area contributed by atoms with Crippen LogP contribution in [0.15, 0.2) is 46.9 Å². The van der Waals surface area contributed by atoms with Gasteiger partial charge >= 0.3 is 0 Å². The molecular formula is C23H28BrClN2O3. The minimum Gasteiger partial charge on any atom is -0.483 e. The van der Waals surface area contributed by atoms with Crippen LogP contribution < -0.4 is 10.1 Å². The lowest BCUT2D eigenvalue weighted by Crippen LogP contribution is -2.49. The predicted molar refractivity (Wildman–Crippen MR) is 124 cm³/mol. The molecule has 0 saturated heterocycles. The lowest BCUT2D eigenvalue weighted by atomic mass is 10.1. The standard InChI is InChI=1S/C23H28BrClN2O3/c1-4-5-12-26-23(29)17(3)27(14-18-9-7-6-8-16(18)2)22(28)15-30-21-11-10-19(25)13-20(21)24/h6-11,13,17H,4-5,12,14-15H2,1-3H3,(H,26,29)/t17-/m1/s1. The summed E-state index contributed by atoms with van der Waals surface area (Å²) in [4.78, 5) is 27.3. The molecule has 0 radical (unpaired) electrons. The Bertz CT molecular complexity index is 875. The zero-order valence-corrected chi connectivity index (χ0v) is 19.9. The number of benzene rings is 2. The number of aryl methyl sites for hydroxylation is 1. The maximum Gasteiger partial charge on any atom is 0.261 e. The van der Waals surface area contributed by atoms with E-state index in [1.165, 1.54) is 0 Å². The summed E-state index contributed by atoms with van der Waals surface area (Å²) in [6, 6.07) is 12.3. The number of ether oxygens (including phenoxy) is 1. The molecule has 162 valence electrons. The summed E-state index contributed by atoms with van der Waals surface area (Å²) >= 11 is 9.35. The molecule has 0 spiro atoms. The fraction of sp³-hybridized carbons (Fsp3) is 0.391. The first-order chi connectivity index (χ1) is 14.3. The molecule has 0 bridgehead atoms. The second kappa shape index (κ2) is 12.0. The van der Waals surface area contributed by atoms with Crippen LogP contribution in [0.25, 0.3) is 0 Å². The maximum atomic E-state index is 13.1. The van der Waals surface area contributed by atoms with Crippen molar-refractivity contribution in [1.82, 2.24) is 10.2 Å². The second-order valence-corrected chi connectivity index (χ2v) is 8.42. The molecular weight excluding hydrogens is 468 g/mol. The Hall–Kier alpha value is -2.05. The number of halogens is 2. The molecule has 5 nitrogen and oxygen atoms in total. The number of hydrogen-bond acceptors (Lipinski definition) is 3. The summed E-state index contributed by atoms with van der Waals surface area (Å²) in [5.74, 6) is 0.0833. The molecule has 1 N–H and O–H groups in total. The van der Waals surface area contributed by atoms with Crippen LogP contribution in [-0.2, 0) is 16.1 Å². The molecule has 2 aromatic rings. The van der Waals surface area contributed by atoms with E-state index >= 15 is 0 Å². The molecule has 0 aliphatic carbocycles. The van der Waals surface area contributed by atoms with Crippen molar-refractivity contribution in [3.05, 3.63) is 63.1 Å². The zero-order valence-electron chi connectivity index (χ0n) is 17.6. The van der Waals surface area contributed by atoms with Gasteiger partial charge in [-0.2, -0.15) is 0 Å². The van der Waals surface area contributed by atoms with Gasteiger partial charge in [0.2, 0.25) is 5.91 Å². The summed E-state index contributed by atoms with van der Waals surface area (Å²) in [7, 11) is 0. The quantitative estimate of drug-likeness (QED) is 0.465. The van der Waals surface area contributed by atoms with Gasteiger partial charge in [-0.1, -0.05) is 49.2 Å². The molecule has 30 heavy (non-hydrogen) atoms. The van der Waals surface area contributed by atoms with Crippen molar-refractivity contribution in [2.45, 2.75) is 46.2 Å². The van der Waals surface area contributed by atoms with Crippen molar-refractivity contribution in [3.63, 3.8) is 0 Å². The Labute approximate surface area is 191 Å². The number of nitrogens with zero attached hydrogens (tertiary/aromatic N) is 1. The van der Waals surface area contributed by atoms with E-state index < -0.39 is 6.04 Å². The van der Waals surface area contributed by atoms with Gasteiger partial charge in [0.1, 0.15) is 11.8 Å². The molecule has 0 aliphatic heterocycles. The van der Waals surface area contributed by atoms with Crippen LogP contribution in [0, 0.1) is 6.92 Å². The molecule has 0 heterocycles. The van der Waals surface area contributed by atoms with E-state index in [1.54, 1.807) is 30.0 Å². The number of carbonyl (C=O) groups excluding carboxylic acids is 2. The van der Waals surface area contributed by atoms with Gasteiger partial charge in [0.15, 0.2) is 6.61 Å². The highest BCUT2D eigenvalue weighted by Crippen LogP contribution is 2.28. The first kappa shape index (κ1) is 24.2. The van der Waals surface area contributed by atoms with Crippen molar-refractivity contribution >= 4 is 39.3 Å². The Morgan fingerprint density at radius 1 is 1.23 bits per heavy atom. The van der Waals surface area contributed by atoms with E-state index in [2.05, 4.69) is 28.2 Å². The Morgan fingerprint density at radius 2 is 1.97 bits per heavy atom. The summed E-state index contributed by atoms with van der Waals surface area (Å²) in [6.45, 7) is 6.55. The average Bonchev–Trinajstić information content (AvgIpc) is 2.72. The highest BCUT2D eigenvalue weighted by atomic mass is 79.9. The van der Waals surface area contributed by atoms with Crippen molar-refractivity contribution in [2.75, 3.05) is 13.2 Å². The van der Waals surface area contributed by atoms with Gasteiger partial charge in [0.25, 0.3) is 5.91 Å². The normalized spacial score (nSPS) is 11.6. The fourth-order valence-electron chi connectivity index (χ4n) is 2.90. The Morgan fingerprint density at radius 3 is 2.63 bits per heavy atom. The van der Waals surface area contributed by atoms with E-state index in [0.717, 1.165) is 24.0 Å². The Kier molecular flexibility index (Phi) is 9.66. The number of nitrogens with one attached hydrogen (secondary N) is 1. The fourth-order valence-corrected chi connectivity index (χ4v) is 3.70. The third kappa shape index (κ3) is 7.03. The van der Waals surface area contributed by atoms with Crippen molar-refractivity contribution in [1.29, 1.82) is 0 Å². The number of carbonyl (C=O) groups is 2. The van der Waals surface area contributed by atoms with E-state index in [1.807, 2.05) is 31.2 Å². The van der Waals surface area contributed by atoms with E-state index in [4.69, 9.17) is 16.3 Å². The molecule has 2 aromatic carbocycles. The smallest absolute Gasteiger partial charge is 0.261 e. The van der Waals surface area contributed by atoms with Gasteiger partial charge in [-0.15, -0.1) is 0 Å². The Balaban J connectivity index is 2.15. The number of rotatable bonds is 10. The highest BCUT2D eigenvalue weighted by Gasteiger charge is 2.26. The summed E-state index contributed by atoms with van der Waals surface area (Å²) < 4.78 is 6.37. The van der Waals surface area contributed by atoms with Gasteiger partial charge < -0.3 is 15.0 Å². The van der Waals surface area contributed by atoms with Crippen LogP contribution in [-0.4, -0.2) is 35.9 Å². The lowest BCUT2D eigenvalue weighted by molar-refractivity contribution is -0.142. The van der Waals surface area contributed by atoms with E-state index in [0.29, 0.717) is 28.3 Å². The SMILES string of the molecule is CCCCNC(=O)[C@@H](C)N(Cc1ccccc1C)C(=O)COc1ccc(Cl)cc1Br. The van der Waals surface area contributed by atoms with Crippen LogP contribution in [0.5, 0.6) is 5.75 Å². The highest BCUT2D eigenvalue weighted by molar-refractivity contribution is 9.10. The van der Waals surface area contributed by atoms with Gasteiger partial charge in [0, 0.05) is 18.1 Å². The zero-order chi connectivity index (χ0) is 22.1. The topological polar surface area (TPSA) is 58.6 Å². The van der Waals surface area contributed by atoms with Gasteiger partial charge in [0.05, 0.1) is 4.47 Å². The number of hydrogen-bond donors (Lipinski definition) is 1. The van der Waals surface area contributed by atoms with Gasteiger partial charge in [-0.25, -0.2) is 0 Å². The number of amides is 2. The molecule has 0 fully saturated rings. The minimum atomic E-state index is -0.619. The maximum absolute atomic E-state index is 13.1. The molecule has 2 amide bonds. The van der Waals surface area contributed by atoms with Crippen molar-refractivity contribution < 1.29 is 14.3 Å². The predicted octanol–water partition coefficient (Wildman–Crippen LogP) is 5.12. The van der Waals surface area contributed by atoms with Crippen LogP contribution in [0.1, 0.15) is 37.8 Å². The summed E-state index contributed by atoms with van der Waals surface area (Å²) in [6.07, 6.45) is 1.89. The second-order valence-electron chi connectivity index (χ2n) is 7.13. The van der Waals surface area contributed by atoms with Crippen LogP contribution in [0.3, 0.4) is 0 Å². The number of unbranched alkanes of at least 4 members (excludes halogenated alkanes) is 1. The van der Waals surface area contributed by atoms with Crippen LogP contribution in [0.4, 0.5) is 0 Å². The third-order valence-corrected chi connectivity index (χ3v) is 5.70. The van der Waals surface area contributed by atoms with Gasteiger partial charge in [-0.3, -0.25) is 9.59 Å². The van der Waals surface area contributed by atoms with E-state index in [9.17, 15) is 9.59 Å². The molecule has 2 rings (SSSR count). The van der Waals surface area contributed by atoms with Crippen molar-refractivity contribution in [2.24, 2.45) is 0 Å². The lowest BCUT2D eigenvalue weighted by Gasteiger charge is -2.29. The van der Waals surface area contributed by atoms with Crippen LogP contribution >= 0.6 is 27.5 Å².